The van der Waals surface area contributed by atoms with Crippen LogP contribution in [-0.4, -0.2) is 27.4 Å². The molecule has 0 bridgehead atoms. The van der Waals surface area contributed by atoms with Gasteiger partial charge in [-0.2, -0.15) is 0 Å². The van der Waals surface area contributed by atoms with E-state index >= 15 is 0 Å². The Morgan fingerprint density at radius 3 is 2.84 bits per heavy atom. The predicted molar refractivity (Wildman–Crippen MR) is 67.5 cm³/mol. The molecule has 1 aliphatic heterocycles. The van der Waals surface area contributed by atoms with Crippen LogP contribution in [0.4, 0.5) is 0 Å². The number of hydrogen-bond acceptors (Lipinski definition) is 4. The molecule has 0 radical (unpaired) electrons. The van der Waals surface area contributed by atoms with Gasteiger partial charge in [-0.3, -0.25) is 4.79 Å². The molecule has 1 aromatic heterocycles. The molecule has 0 saturated carbocycles. The zero-order valence-electron chi connectivity index (χ0n) is 10.5. The zero-order chi connectivity index (χ0) is 13.4. The normalized spacial score (nSPS) is 13.1. The summed E-state index contributed by atoms with van der Waals surface area (Å²) >= 11 is 0. The Balaban J connectivity index is 2.17. The minimum absolute atomic E-state index is 0.0918. The van der Waals surface area contributed by atoms with Crippen molar-refractivity contribution in [1.82, 2.24) is 9.55 Å². The third-order valence-corrected chi connectivity index (χ3v) is 3.09. The molecule has 100 valence electrons. The molecule has 2 aromatic rings. The Bertz CT molecular complexity index is 648. The standard InChI is InChI=1S/C13H14N2O4/c1-2-3-12-14-8-4-10-11(19-7-18-10)5-9(8)15(12)6-13(16)17/h4-5H,2-3,6-7H2,1H3,(H,16,17). The second kappa shape index (κ2) is 4.46. The highest BCUT2D eigenvalue weighted by atomic mass is 16.7. The third kappa shape index (κ3) is 1.99. The molecule has 2 heterocycles. The summed E-state index contributed by atoms with van der Waals surface area (Å²) in [4.78, 5) is 15.5. The highest BCUT2D eigenvalue weighted by molar-refractivity contribution is 5.82. The number of fused-ring (bicyclic) bond motifs is 2. The summed E-state index contributed by atoms with van der Waals surface area (Å²) in [6, 6.07) is 3.60. The van der Waals surface area contributed by atoms with E-state index in [0.29, 0.717) is 11.5 Å². The van der Waals surface area contributed by atoms with Crippen molar-refractivity contribution in [3.63, 3.8) is 0 Å². The largest absolute Gasteiger partial charge is 0.480 e. The Hall–Kier alpha value is -2.24. The van der Waals surface area contributed by atoms with E-state index < -0.39 is 5.97 Å². The average Bonchev–Trinajstić information content (AvgIpc) is 2.92. The number of rotatable bonds is 4. The molecular formula is C13H14N2O4. The number of nitrogens with zero attached hydrogens (tertiary/aromatic N) is 2. The summed E-state index contributed by atoms with van der Waals surface area (Å²) in [7, 11) is 0. The van der Waals surface area contributed by atoms with Crippen LogP contribution in [0.25, 0.3) is 11.0 Å². The van der Waals surface area contributed by atoms with E-state index in [-0.39, 0.29) is 13.3 Å². The van der Waals surface area contributed by atoms with E-state index in [1.807, 2.05) is 6.92 Å². The Morgan fingerprint density at radius 1 is 1.42 bits per heavy atom. The molecule has 1 N–H and O–H groups in total. The maximum Gasteiger partial charge on any atom is 0.323 e. The lowest BCUT2D eigenvalue weighted by atomic mass is 10.2. The molecule has 0 aliphatic carbocycles. The molecule has 0 atom stereocenters. The van der Waals surface area contributed by atoms with Crippen LogP contribution in [0.1, 0.15) is 19.2 Å². The molecule has 1 aromatic carbocycles. The molecule has 0 unspecified atom stereocenters. The van der Waals surface area contributed by atoms with Gasteiger partial charge >= 0.3 is 5.97 Å². The predicted octanol–water partition coefficient (Wildman–Crippen LogP) is 1.80. The van der Waals surface area contributed by atoms with Gasteiger partial charge < -0.3 is 19.1 Å². The second-order valence-corrected chi connectivity index (χ2v) is 4.45. The summed E-state index contributed by atoms with van der Waals surface area (Å²) in [6.45, 7) is 2.14. The first-order chi connectivity index (χ1) is 9.19. The Kier molecular flexibility index (Phi) is 2.77. The van der Waals surface area contributed by atoms with Gasteiger partial charge in [-0.05, 0) is 6.42 Å². The van der Waals surface area contributed by atoms with Crippen molar-refractivity contribution in [3.8, 4) is 11.5 Å². The van der Waals surface area contributed by atoms with Crippen molar-refractivity contribution < 1.29 is 19.4 Å². The summed E-state index contributed by atoms with van der Waals surface area (Å²) in [6.07, 6.45) is 1.66. The first kappa shape index (κ1) is 11.8. The summed E-state index contributed by atoms with van der Waals surface area (Å²) in [5.41, 5.74) is 1.52. The maximum absolute atomic E-state index is 11.0. The smallest absolute Gasteiger partial charge is 0.323 e. The summed E-state index contributed by atoms with van der Waals surface area (Å²) in [5.74, 6) is 1.20. The van der Waals surface area contributed by atoms with Crippen molar-refractivity contribution >= 4 is 17.0 Å². The van der Waals surface area contributed by atoms with E-state index in [0.717, 1.165) is 29.7 Å². The van der Waals surface area contributed by atoms with Crippen molar-refractivity contribution in [1.29, 1.82) is 0 Å². The first-order valence-electron chi connectivity index (χ1n) is 6.19. The highest BCUT2D eigenvalue weighted by Gasteiger charge is 2.19. The third-order valence-electron chi connectivity index (χ3n) is 3.09. The summed E-state index contributed by atoms with van der Waals surface area (Å²) < 4.78 is 12.4. The van der Waals surface area contributed by atoms with Gasteiger partial charge in [-0.15, -0.1) is 0 Å². The monoisotopic (exact) mass is 262 g/mol. The fraction of sp³-hybridized carbons (Fsp3) is 0.385. The number of imidazole rings is 1. The van der Waals surface area contributed by atoms with Crippen LogP contribution in [-0.2, 0) is 17.8 Å². The van der Waals surface area contributed by atoms with Crippen molar-refractivity contribution in [2.75, 3.05) is 6.79 Å². The second-order valence-electron chi connectivity index (χ2n) is 4.45. The molecule has 0 spiro atoms. The maximum atomic E-state index is 11.0. The number of ether oxygens (including phenoxy) is 2. The van der Waals surface area contributed by atoms with Crippen molar-refractivity contribution in [2.45, 2.75) is 26.3 Å². The minimum atomic E-state index is -0.880. The molecule has 19 heavy (non-hydrogen) atoms. The average molecular weight is 262 g/mol. The number of carbonyl (C=O) groups is 1. The minimum Gasteiger partial charge on any atom is -0.480 e. The van der Waals surface area contributed by atoms with E-state index in [1.165, 1.54) is 0 Å². The van der Waals surface area contributed by atoms with Gasteiger partial charge in [0.2, 0.25) is 6.79 Å². The van der Waals surface area contributed by atoms with Gasteiger partial charge in [0, 0.05) is 18.6 Å². The van der Waals surface area contributed by atoms with E-state index in [1.54, 1.807) is 16.7 Å². The van der Waals surface area contributed by atoms with E-state index in [9.17, 15) is 4.79 Å². The van der Waals surface area contributed by atoms with Crippen molar-refractivity contribution in [2.24, 2.45) is 0 Å². The molecule has 0 fully saturated rings. The number of aromatic nitrogens is 2. The molecule has 1 aliphatic rings. The van der Waals surface area contributed by atoms with E-state index in [4.69, 9.17) is 14.6 Å². The van der Waals surface area contributed by atoms with Gasteiger partial charge in [0.05, 0.1) is 11.0 Å². The van der Waals surface area contributed by atoms with Crippen LogP contribution in [0.5, 0.6) is 11.5 Å². The first-order valence-corrected chi connectivity index (χ1v) is 6.19. The van der Waals surface area contributed by atoms with Crippen LogP contribution in [0.15, 0.2) is 12.1 Å². The quantitative estimate of drug-likeness (QED) is 0.909. The van der Waals surface area contributed by atoms with Gasteiger partial charge in [-0.1, -0.05) is 6.92 Å². The lowest BCUT2D eigenvalue weighted by Crippen LogP contribution is -2.11. The number of hydrogen-bond donors (Lipinski definition) is 1. The Labute approximate surface area is 109 Å². The number of carboxylic acid groups (broad SMARTS) is 1. The van der Waals surface area contributed by atoms with E-state index in [2.05, 4.69) is 4.98 Å². The molecule has 0 amide bonds. The van der Waals surface area contributed by atoms with Gasteiger partial charge in [0.25, 0.3) is 0 Å². The number of aryl methyl sites for hydroxylation is 1. The fourth-order valence-corrected chi connectivity index (χ4v) is 2.29. The molecule has 3 rings (SSSR count). The summed E-state index contributed by atoms with van der Waals surface area (Å²) in [5, 5.41) is 9.03. The van der Waals surface area contributed by atoms with Crippen LogP contribution in [0.3, 0.4) is 0 Å². The van der Waals surface area contributed by atoms with Crippen LogP contribution >= 0.6 is 0 Å². The molecule has 6 heteroatoms. The molecule has 6 nitrogen and oxygen atoms in total. The van der Waals surface area contributed by atoms with Gasteiger partial charge in [-0.25, -0.2) is 4.98 Å². The van der Waals surface area contributed by atoms with Crippen molar-refractivity contribution in [3.05, 3.63) is 18.0 Å². The highest BCUT2D eigenvalue weighted by Crippen LogP contribution is 2.36. The fourth-order valence-electron chi connectivity index (χ4n) is 2.29. The molecular weight excluding hydrogens is 248 g/mol. The van der Waals surface area contributed by atoms with Gasteiger partial charge in [0.1, 0.15) is 12.4 Å². The lowest BCUT2D eigenvalue weighted by Gasteiger charge is -2.05. The van der Waals surface area contributed by atoms with Gasteiger partial charge in [0.15, 0.2) is 11.5 Å². The van der Waals surface area contributed by atoms with Crippen LogP contribution in [0, 0.1) is 0 Å². The number of carboxylic acids is 1. The SMILES string of the molecule is CCCc1nc2cc3c(cc2n1CC(=O)O)OCO3. The number of aliphatic carboxylic acids is 1. The lowest BCUT2D eigenvalue weighted by molar-refractivity contribution is -0.137. The molecule has 0 saturated heterocycles. The van der Waals surface area contributed by atoms with Crippen LogP contribution < -0.4 is 9.47 Å². The topological polar surface area (TPSA) is 73.6 Å². The van der Waals surface area contributed by atoms with Crippen LogP contribution in [0.2, 0.25) is 0 Å². The number of benzene rings is 1. The Morgan fingerprint density at radius 2 is 2.16 bits per heavy atom. The zero-order valence-corrected chi connectivity index (χ0v) is 10.5.